The fourth-order valence-electron chi connectivity index (χ4n) is 2.98. The van der Waals surface area contributed by atoms with E-state index in [-0.39, 0.29) is 41.5 Å². The monoisotopic (exact) mass is 392 g/mol. The van der Waals surface area contributed by atoms with Crippen molar-refractivity contribution in [2.45, 2.75) is 53.5 Å². The second-order valence-corrected chi connectivity index (χ2v) is 8.92. The Hall–Kier alpha value is -2.53. The van der Waals surface area contributed by atoms with Gasteiger partial charge in [0.2, 0.25) is 11.9 Å². The first-order chi connectivity index (χ1) is 12.8. The molecule has 0 radical (unpaired) electrons. The standard InChI is InChI=1S/C20H26F2N4O2/c1-19(2,3)9-14(27)25(11-28-7)18-24-16-13(21)8-12(10-23)15(22)17(16)26(18)20(4,5)6/h8H,9,11H2,1-7H3. The van der Waals surface area contributed by atoms with Crippen molar-refractivity contribution in [2.75, 3.05) is 18.7 Å². The molecule has 0 aliphatic carbocycles. The van der Waals surface area contributed by atoms with Gasteiger partial charge in [-0.1, -0.05) is 20.8 Å². The summed E-state index contributed by atoms with van der Waals surface area (Å²) in [5.74, 6) is -1.89. The van der Waals surface area contributed by atoms with Crippen LogP contribution in [0, 0.1) is 28.4 Å². The van der Waals surface area contributed by atoms with Crippen molar-refractivity contribution < 1.29 is 18.3 Å². The predicted molar refractivity (Wildman–Crippen MR) is 103 cm³/mol. The molecule has 1 aromatic carbocycles. The van der Waals surface area contributed by atoms with Gasteiger partial charge in [0.05, 0.1) is 5.56 Å². The Morgan fingerprint density at radius 2 is 1.89 bits per heavy atom. The van der Waals surface area contributed by atoms with Crippen LogP contribution in [-0.4, -0.2) is 29.3 Å². The van der Waals surface area contributed by atoms with Crippen molar-refractivity contribution in [1.29, 1.82) is 5.26 Å². The number of methoxy groups -OCH3 is 1. The highest BCUT2D eigenvalue weighted by Gasteiger charge is 2.33. The van der Waals surface area contributed by atoms with Crippen LogP contribution in [0.15, 0.2) is 6.07 Å². The van der Waals surface area contributed by atoms with E-state index in [2.05, 4.69) is 4.98 Å². The smallest absolute Gasteiger partial charge is 0.231 e. The molecule has 1 aromatic heterocycles. The Balaban J connectivity index is 2.85. The minimum absolute atomic E-state index is 0.0755. The van der Waals surface area contributed by atoms with Crippen molar-refractivity contribution in [3.05, 3.63) is 23.3 Å². The third-order valence-corrected chi connectivity index (χ3v) is 4.07. The zero-order valence-corrected chi connectivity index (χ0v) is 17.4. The molecule has 152 valence electrons. The quantitative estimate of drug-likeness (QED) is 0.727. The first-order valence-corrected chi connectivity index (χ1v) is 8.92. The highest BCUT2D eigenvalue weighted by molar-refractivity contribution is 5.94. The molecule has 0 aliphatic rings. The van der Waals surface area contributed by atoms with Gasteiger partial charge in [0.25, 0.3) is 0 Å². The van der Waals surface area contributed by atoms with Gasteiger partial charge in [0.15, 0.2) is 11.6 Å². The van der Waals surface area contributed by atoms with Crippen LogP contribution in [0.2, 0.25) is 0 Å². The molecule has 6 nitrogen and oxygen atoms in total. The van der Waals surface area contributed by atoms with E-state index in [1.807, 2.05) is 20.8 Å². The number of carbonyl (C=O) groups excluding carboxylic acids is 1. The largest absolute Gasteiger partial charge is 0.364 e. The molecule has 1 amide bonds. The number of nitriles is 1. The van der Waals surface area contributed by atoms with Crippen molar-refractivity contribution in [2.24, 2.45) is 5.41 Å². The summed E-state index contributed by atoms with van der Waals surface area (Å²) < 4.78 is 36.2. The van der Waals surface area contributed by atoms with Gasteiger partial charge in [-0.25, -0.2) is 13.8 Å². The van der Waals surface area contributed by atoms with Crippen LogP contribution in [-0.2, 0) is 15.1 Å². The number of aromatic nitrogens is 2. The van der Waals surface area contributed by atoms with E-state index >= 15 is 0 Å². The molecule has 2 aromatic rings. The van der Waals surface area contributed by atoms with Crippen LogP contribution in [0.1, 0.15) is 53.5 Å². The van der Waals surface area contributed by atoms with Crippen LogP contribution in [0.4, 0.5) is 14.7 Å². The maximum atomic E-state index is 15.0. The molecule has 0 N–H and O–H groups in total. The SMILES string of the molecule is COCN(C(=O)CC(C)(C)C)c1nc2c(F)cc(C#N)c(F)c2n1C(C)(C)C. The second kappa shape index (κ2) is 7.47. The zero-order valence-electron chi connectivity index (χ0n) is 17.4. The van der Waals surface area contributed by atoms with Crippen LogP contribution >= 0.6 is 0 Å². The summed E-state index contributed by atoms with van der Waals surface area (Å²) in [7, 11) is 1.43. The van der Waals surface area contributed by atoms with Crippen LogP contribution < -0.4 is 4.90 Å². The molecular formula is C20H26F2N4O2. The summed E-state index contributed by atoms with van der Waals surface area (Å²) in [5.41, 5.74) is -1.85. The van der Waals surface area contributed by atoms with Crippen molar-refractivity contribution in [1.82, 2.24) is 9.55 Å². The minimum Gasteiger partial charge on any atom is -0.364 e. The molecule has 0 atom stereocenters. The first kappa shape index (κ1) is 21.8. The third-order valence-electron chi connectivity index (χ3n) is 4.07. The van der Waals surface area contributed by atoms with E-state index in [0.717, 1.165) is 6.07 Å². The average molecular weight is 392 g/mol. The number of carbonyl (C=O) groups is 1. The molecule has 8 heteroatoms. The molecule has 0 unspecified atom stereocenters. The number of amides is 1. The van der Waals surface area contributed by atoms with Crippen molar-refractivity contribution >= 4 is 22.9 Å². The molecule has 0 fully saturated rings. The number of rotatable bonds is 4. The number of imidazole rings is 1. The van der Waals surface area contributed by atoms with Gasteiger partial charge < -0.3 is 9.30 Å². The van der Waals surface area contributed by atoms with Crippen molar-refractivity contribution in [3.8, 4) is 6.07 Å². The fourth-order valence-corrected chi connectivity index (χ4v) is 2.98. The lowest BCUT2D eigenvalue weighted by Gasteiger charge is -2.30. The summed E-state index contributed by atoms with van der Waals surface area (Å²) >= 11 is 0. The van der Waals surface area contributed by atoms with Crippen LogP contribution in [0.25, 0.3) is 11.0 Å². The average Bonchev–Trinajstić information content (AvgIpc) is 2.95. The van der Waals surface area contributed by atoms with Gasteiger partial charge in [0, 0.05) is 19.1 Å². The Morgan fingerprint density at radius 3 is 2.36 bits per heavy atom. The topological polar surface area (TPSA) is 71.2 Å². The molecule has 0 bridgehead atoms. The normalized spacial score (nSPS) is 12.3. The molecule has 0 spiro atoms. The number of halogens is 2. The van der Waals surface area contributed by atoms with E-state index in [4.69, 9.17) is 10.00 Å². The van der Waals surface area contributed by atoms with Crippen LogP contribution in [0.3, 0.4) is 0 Å². The lowest BCUT2D eigenvalue weighted by Crippen LogP contribution is -2.39. The molecule has 1 heterocycles. The van der Waals surface area contributed by atoms with Gasteiger partial charge in [-0.05, 0) is 32.3 Å². The summed E-state index contributed by atoms with van der Waals surface area (Å²) in [5, 5.41) is 9.14. The molecular weight excluding hydrogens is 366 g/mol. The number of fused-ring (bicyclic) bond motifs is 1. The Morgan fingerprint density at radius 1 is 1.29 bits per heavy atom. The van der Waals surface area contributed by atoms with Crippen LogP contribution in [0.5, 0.6) is 0 Å². The second-order valence-electron chi connectivity index (χ2n) is 8.92. The number of hydrogen-bond donors (Lipinski definition) is 0. The number of anilines is 1. The lowest BCUT2D eigenvalue weighted by molar-refractivity contribution is -0.121. The summed E-state index contributed by atoms with van der Waals surface area (Å²) in [4.78, 5) is 18.5. The summed E-state index contributed by atoms with van der Waals surface area (Å²) in [6, 6.07) is 2.48. The van der Waals surface area contributed by atoms with Gasteiger partial charge >= 0.3 is 0 Å². The Labute approximate surface area is 163 Å². The molecule has 2 rings (SSSR count). The number of hydrogen-bond acceptors (Lipinski definition) is 4. The van der Waals surface area contributed by atoms with Gasteiger partial charge in [0.1, 0.15) is 23.8 Å². The highest BCUT2D eigenvalue weighted by Crippen LogP contribution is 2.35. The van der Waals surface area contributed by atoms with E-state index in [1.54, 1.807) is 26.8 Å². The van der Waals surface area contributed by atoms with Gasteiger partial charge in [-0.3, -0.25) is 9.69 Å². The number of benzene rings is 1. The van der Waals surface area contributed by atoms with Crippen molar-refractivity contribution in [3.63, 3.8) is 0 Å². The fraction of sp³-hybridized carbons (Fsp3) is 0.550. The molecule has 0 saturated carbocycles. The summed E-state index contributed by atoms with van der Waals surface area (Å²) in [6.45, 7) is 11.0. The lowest BCUT2D eigenvalue weighted by atomic mass is 9.92. The van der Waals surface area contributed by atoms with Gasteiger partial charge in [-0.15, -0.1) is 0 Å². The molecule has 28 heavy (non-hydrogen) atoms. The highest BCUT2D eigenvalue weighted by atomic mass is 19.1. The Kier molecular flexibility index (Phi) is 5.81. The first-order valence-electron chi connectivity index (χ1n) is 8.92. The van der Waals surface area contributed by atoms with E-state index < -0.39 is 22.7 Å². The molecule has 0 aliphatic heterocycles. The number of ether oxygens (including phenoxy) is 1. The van der Waals surface area contributed by atoms with E-state index in [9.17, 15) is 13.6 Å². The maximum Gasteiger partial charge on any atom is 0.231 e. The third kappa shape index (κ3) is 4.14. The predicted octanol–water partition coefficient (Wildman–Crippen LogP) is 4.31. The maximum absolute atomic E-state index is 15.0. The number of nitrogens with zero attached hydrogens (tertiary/aromatic N) is 4. The summed E-state index contributed by atoms with van der Waals surface area (Å²) in [6.07, 6.45) is 0.193. The zero-order chi connectivity index (χ0) is 21.4. The van der Waals surface area contributed by atoms with E-state index in [0.29, 0.717) is 0 Å². The minimum atomic E-state index is -0.867. The van der Waals surface area contributed by atoms with Gasteiger partial charge in [-0.2, -0.15) is 5.26 Å². The Bertz CT molecular complexity index is 946. The van der Waals surface area contributed by atoms with E-state index in [1.165, 1.54) is 16.6 Å². The molecule has 0 saturated heterocycles.